The molecular weight excluding hydrogens is 438 g/mol. The van der Waals surface area contributed by atoms with Crippen LogP contribution in [0.1, 0.15) is 49.2 Å². The number of nitrogens with one attached hydrogen (secondary N) is 2. The third kappa shape index (κ3) is 6.32. The first-order valence-electron chi connectivity index (χ1n) is 10.6. The first kappa shape index (κ1) is 24.3. The zero-order chi connectivity index (χ0) is 24.2. The number of imide groups is 1. The number of carbonyl (C=O) groups excluding carboxylic acids is 4. The van der Waals surface area contributed by atoms with Crippen LogP contribution >= 0.6 is 11.8 Å². The Labute approximate surface area is 197 Å². The molecule has 8 heteroatoms. The van der Waals surface area contributed by atoms with Crippen molar-refractivity contribution in [3.63, 3.8) is 0 Å². The molecule has 0 radical (unpaired) electrons. The van der Waals surface area contributed by atoms with Gasteiger partial charge in [-0.25, -0.2) is 0 Å². The van der Waals surface area contributed by atoms with E-state index in [-0.39, 0.29) is 41.5 Å². The van der Waals surface area contributed by atoms with Crippen LogP contribution in [-0.4, -0.2) is 41.0 Å². The first-order valence-corrected chi connectivity index (χ1v) is 11.4. The van der Waals surface area contributed by atoms with Crippen LogP contribution in [0.5, 0.6) is 0 Å². The minimum Gasteiger partial charge on any atom is -0.350 e. The molecule has 1 heterocycles. The van der Waals surface area contributed by atoms with Crippen LogP contribution < -0.4 is 10.6 Å². The molecule has 1 aliphatic rings. The highest BCUT2D eigenvalue weighted by atomic mass is 32.2. The highest BCUT2D eigenvalue weighted by molar-refractivity contribution is 8.18. The van der Waals surface area contributed by atoms with Crippen molar-refractivity contribution in [1.29, 1.82) is 0 Å². The van der Waals surface area contributed by atoms with E-state index in [9.17, 15) is 19.2 Å². The molecule has 0 spiro atoms. The predicted octanol–water partition coefficient (Wildman–Crippen LogP) is 4.41. The van der Waals surface area contributed by atoms with Gasteiger partial charge in [-0.1, -0.05) is 51.1 Å². The van der Waals surface area contributed by atoms with Gasteiger partial charge in [0.2, 0.25) is 5.91 Å². The Morgan fingerprint density at radius 2 is 1.76 bits per heavy atom. The van der Waals surface area contributed by atoms with Gasteiger partial charge in [0.25, 0.3) is 17.1 Å². The number of hydrogen-bond donors (Lipinski definition) is 2. The average molecular weight is 466 g/mol. The Hall–Kier alpha value is -3.39. The number of thioether (sulfide) groups is 1. The van der Waals surface area contributed by atoms with Gasteiger partial charge in [0.05, 0.1) is 4.91 Å². The Bertz CT molecular complexity index is 1120. The summed E-state index contributed by atoms with van der Waals surface area (Å²) in [6.45, 7) is 7.97. The topological polar surface area (TPSA) is 95.6 Å². The SMILES string of the molecule is CC(=O)Nc1cccc(C(=O)NCCN2C(=O)SC(=Cc3ccc(C(C)(C)C)cc3)C2=O)c1. The van der Waals surface area contributed by atoms with Gasteiger partial charge in [-0.05, 0) is 52.6 Å². The van der Waals surface area contributed by atoms with Crippen molar-refractivity contribution >= 4 is 46.5 Å². The number of carbonyl (C=O) groups is 4. The highest BCUT2D eigenvalue weighted by Crippen LogP contribution is 2.32. The number of benzene rings is 2. The summed E-state index contributed by atoms with van der Waals surface area (Å²) in [6, 6.07) is 14.4. The van der Waals surface area contributed by atoms with Crippen molar-refractivity contribution < 1.29 is 19.2 Å². The van der Waals surface area contributed by atoms with Gasteiger partial charge in [-0.15, -0.1) is 0 Å². The van der Waals surface area contributed by atoms with Gasteiger partial charge in [0, 0.05) is 31.3 Å². The molecule has 172 valence electrons. The molecule has 1 saturated heterocycles. The Morgan fingerprint density at radius 1 is 1.06 bits per heavy atom. The molecule has 7 nitrogen and oxygen atoms in total. The molecule has 33 heavy (non-hydrogen) atoms. The minimum atomic E-state index is -0.369. The Balaban J connectivity index is 1.58. The van der Waals surface area contributed by atoms with E-state index in [1.54, 1.807) is 30.3 Å². The lowest BCUT2D eigenvalue weighted by Gasteiger charge is -2.18. The van der Waals surface area contributed by atoms with Gasteiger partial charge in [0.1, 0.15) is 0 Å². The van der Waals surface area contributed by atoms with Crippen molar-refractivity contribution in [1.82, 2.24) is 10.2 Å². The fourth-order valence-corrected chi connectivity index (χ4v) is 4.11. The summed E-state index contributed by atoms with van der Waals surface area (Å²) < 4.78 is 0. The lowest BCUT2D eigenvalue weighted by molar-refractivity contribution is -0.122. The molecule has 2 aromatic rings. The smallest absolute Gasteiger partial charge is 0.293 e. The molecule has 0 aliphatic carbocycles. The van der Waals surface area contributed by atoms with Gasteiger partial charge in [0.15, 0.2) is 0 Å². The Morgan fingerprint density at radius 3 is 2.39 bits per heavy atom. The van der Waals surface area contributed by atoms with E-state index in [2.05, 4.69) is 31.4 Å². The molecule has 0 saturated carbocycles. The number of nitrogens with zero attached hydrogens (tertiary/aromatic N) is 1. The summed E-state index contributed by atoms with van der Waals surface area (Å²) in [7, 11) is 0. The van der Waals surface area contributed by atoms with Gasteiger partial charge >= 0.3 is 0 Å². The number of hydrogen-bond acceptors (Lipinski definition) is 5. The maximum absolute atomic E-state index is 12.7. The third-order valence-electron chi connectivity index (χ3n) is 5.01. The molecule has 2 N–H and O–H groups in total. The van der Waals surface area contributed by atoms with Crippen LogP contribution in [0.2, 0.25) is 0 Å². The largest absolute Gasteiger partial charge is 0.350 e. The van der Waals surface area contributed by atoms with E-state index >= 15 is 0 Å². The van der Waals surface area contributed by atoms with Crippen LogP contribution in [0.15, 0.2) is 53.4 Å². The quantitative estimate of drug-likeness (QED) is 0.616. The number of amides is 4. The van der Waals surface area contributed by atoms with E-state index in [0.29, 0.717) is 16.2 Å². The van der Waals surface area contributed by atoms with E-state index in [4.69, 9.17) is 0 Å². The van der Waals surface area contributed by atoms with Gasteiger partial charge in [-0.3, -0.25) is 24.1 Å². The second kappa shape index (κ2) is 10.0. The monoisotopic (exact) mass is 465 g/mol. The van der Waals surface area contributed by atoms with Crippen molar-refractivity contribution in [3.8, 4) is 0 Å². The van der Waals surface area contributed by atoms with Gasteiger partial charge in [-0.2, -0.15) is 0 Å². The van der Waals surface area contributed by atoms with Crippen LogP contribution in [0.25, 0.3) is 6.08 Å². The van der Waals surface area contributed by atoms with Crippen LogP contribution in [0, 0.1) is 0 Å². The third-order valence-corrected chi connectivity index (χ3v) is 5.92. The van der Waals surface area contributed by atoms with E-state index in [0.717, 1.165) is 22.2 Å². The fraction of sp³-hybridized carbons (Fsp3) is 0.280. The second-order valence-electron chi connectivity index (χ2n) is 8.72. The summed E-state index contributed by atoms with van der Waals surface area (Å²) >= 11 is 0.895. The first-order chi connectivity index (χ1) is 15.5. The highest BCUT2D eigenvalue weighted by Gasteiger charge is 2.34. The van der Waals surface area contributed by atoms with Crippen molar-refractivity contribution in [2.24, 2.45) is 0 Å². The Kier molecular flexibility index (Phi) is 7.38. The van der Waals surface area contributed by atoms with Crippen LogP contribution in [0.3, 0.4) is 0 Å². The lowest BCUT2D eigenvalue weighted by Crippen LogP contribution is -2.37. The normalized spacial score (nSPS) is 15.2. The molecule has 0 aromatic heterocycles. The average Bonchev–Trinajstić information content (AvgIpc) is 3.00. The molecule has 4 amide bonds. The van der Waals surface area contributed by atoms with Crippen LogP contribution in [-0.2, 0) is 15.0 Å². The van der Waals surface area contributed by atoms with E-state index in [1.807, 2.05) is 24.3 Å². The maximum atomic E-state index is 12.7. The number of rotatable bonds is 6. The van der Waals surface area contributed by atoms with Crippen molar-refractivity contribution in [2.45, 2.75) is 33.1 Å². The lowest BCUT2D eigenvalue weighted by atomic mass is 9.87. The molecule has 2 aromatic carbocycles. The fourth-order valence-electron chi connectivity index (χ4n) is 3.25. The van der Waals surface area contributed by atoms with Crippen molar-refractivity contribution in [2.75, 3.05) is 18.4 Å². The summed E-state index contributed by atoms with van der Waals surface area (Å²) in [5.74, 6) is -0.958. The maximum Gasteiger partial charge on any atom is 0.293 e. The zero-order valence-corrected chi connectivity index (χ0v) is 19.9. The zero-order valence-electron chi connectivity index (χ0n) is 19.1. The number of anilines is 1. The summed E-state index contributed by atoms with van der Waals surface area (Å²) in [4.78, 5) is 50.1. The summed E-state index contributed by atoms with van der Waals surface area (Å²) in [5, 5.41) is 4.97. The van der Waals surface area contributed by atoms with Crippen LogP contribution in [0.4, 0.5) is 10.5 Å². The molecular formula is C25H27N3O4S. The summed E-state index contributed by atoms with van der Waals surface area (Å²) in [6.07, 6.45) is 1.71. The predicted molar refractivity (Wildman–Crippen MR) is 131 cm³/mol. The van der Waals surface area contributed by atoms with Crippen molar-refractivity contribution in [3.05, 3.63) is 70.1 Å². The van der Waals surface area contributed by atoms with Gasteiger partial charge < -0.3 is 10.6 Å². The summed E-state index contributed by atoms with van der Waals surface area (Å²) in [5.41, 5.74) is 2.95. The second-order valence-corrected chi connectivity index (χ2v) is 9.72. The molecule has 1 fully saturated rings. The molecule has 1 aliphatic heterocycles. The van der Waals surface area contributed by atoms with E-state index < -0.39 is 0 Å². The van der Waals surface area contributed by atoms with E-state index in [1.165, 1.54) is 12.5 Å². The minimum absolute atomic E-state index is 0.0338. The molecule has 0 bridgehead atoms. The molecule has 3 rings (SSSR count). The standard InChI is InChI=1S/C25H27N3O4S/c1-16(29)27-20-7-5-6-18(15-20)22(30)26-12-13-28-23(31)21(33-24(28)32)14-17-8-10-19(11-9-17)25(2,3)4/h5-11,14-15H,12-13H2,1-4H3,(H,26,30)(H,27,29). The molecule has 0 unspecified atom stereocenters. The molecule has 0 atom stereocenters.